The SMILES string of the molecule is C=CCOc1ccc(C(=O)N2CCc3sccc3C2)cc1. The minimum atomic E-state index is 0.0853. The molecule has 0 N–H and O–H groups in total. The summed E-state index contributed by atoms with van der Waals surface area (Å²) in [6.45, 7) is 5.59. The molecule has 0 saturated carbocycles. The van der Waals surface area contributed by atoms with Crippen LogP contribution in [0.2, 0.25) is 0 Å². The fourth-order valence-electron chi connectivity index (χ4n) is 2.45. The average Bonchev–Trinajstić information content (AvgIpc) is 3.00. The molecule has 1 amide bonds. The molecule has 1 aromatic carbocycles. The standard InChI is InChI=1S/C17H17NO2S/c1-2-10-20-15-5-3-13(4-6-15)17(19)18-9-7-16-14(12-18)8-11-21-16/h2-6,8,11H,1,7,9-10,12H2. The minimum Gasteiger partial charge on any atom is -0.490 e. The lowest BCUT2D eigenvalue weighted by Gasteiger charge is -2.27. The number of thiophene rings is 1. The van der Waals surface area contributed by atoms with Gasteiger partial charge in [-0.15, -0.1) is 11.3 Å². The molecule has 2 heterocycles. The van der Waals surface area contributed by atoms with E-state index in [9.17, 15) is 4.79 Å². The maximum atomic E-state index is 12.5. The maximum absolute atomic E-state index is 12.5. The molecule has 0 unspecified atom stereocenters. The van der Waals surface area contributed by atoms with Crippen LogP contribution >= 0.6 is 11.3 Å². The molecule has 21 heavy (non-hydrogen) atoms. The monoisotopic (exact) mass is 299 g/mol. The number of hydrogen-bond acceptors (Lipinski definition) is 3. The van der Waals surface area contributed by atoms with E-state index in [-0.39, 0.29) is 5.91 Å². The van der Waals surface area contributed by atoms with Crippen LogP contribution < -0.4 is 4.74 Å². The van der Waals surface area contributed by atoms with E-state index in [1.165, 1.54) is 10.4 Å². The minimum absolute atomic E-state index is 0.0853. The highest BCUT2D eigenvalue weighted by atomic mass is 32.1. The van der Waals surface area contributed by atoms with Gasteiger partial charge in [0.2, 0.25) is 0 Å². The third-order valence-electron chi connectivity index (χ3n) is 3.56. The lowest BCUT2D eigenvalue weighted by molar-refractivity contribution is 0.0736. The number of amides is 1. The zero-order valence-electron chi connectivity index (χ0n) is 11.7. The molecule has 0 atom stereocenters. The molecule has 0 saturated heterocycles. The summed E-state index contributed by atoms with van der Waals surface area (Å²) in [6.07, 6.45) is 2.66. The van der Waals surface area contributed by atoms with Gasteiger partial charge in [0.05, 0.1) is 0 Å². The fraction of sp³-hybridized carbons (Fsp3) is 0.235. The van der Waals surface area contributed by atoms with Gasteiger partial charge >= 0.3 is 0 Å². The van der Waals surface area contributed by atoms with E-state index in [2.05, 4.69) is 18.0 Å². The first-order valence-electron chi connectivity index (χ1n) is 6.96. The number of rotatable bonds is 4. The second-order valence-electron chi connectivity index (χ2n) is 4.97. The topological polar surface area (TPSA) is 29.5 Å². The fourth-order valence-corrected chi connectivity index (χ4v) is 3.34. The van der Waals surface area contributed by atoms with E-state index in [0.29, 0.717) is 18.7 Å². The Kier molecular flexibility index (Phi) is 4.06. The molecule has 3 rings (SSSR count). The van der Waals surface area contributed by atoms with Gasteiger partial charge in [-0.3, -0.25) is 4.79 Å². The van der Waals surface area contributed by atoms with Crippen molar-refractivity contribution < 1.29 is 9.53 Å². The summed E-state index contributed by atoms with van der Waals surface area (Å²) in [5.74, 6) is 0.840. The van der Waals surface area contributed by atoms with Crippen molar-refractivity contribution in [3.8, 4) is 5.75 Å². The van der Waals surface area contributed by atoms with Gasteiger partial charge < -0.3 is 9.64 Å². The van der Waals surface area contributed by atoms with Crippen LogP contribution in [0, 0.1) is 0 Å². The molecule has 4 heteroatoms. The van der Waals surface area contributed by atoms with Crippen molar-refractivity contribution in [2.45, 2.75) is 13.0 Å². The van der Waals surface area contributed by atoms with Gasteiger partial charge in [-0.2, -0.15) is 0 Å². The van der Waals surface area contributed by atoms with Crippen molar-refractivity contribution in [2.75, 3.05) is 13.2 Å². The predicted molar refractivity (Wildman–Crippen MR) is 84.9 cm³/mol. The number of ether oxygens (including phenoxy) is 1. The third kappa shape index (κ3) is 3.00. The second kappa shape index (κ2) is 6.14. The molecule has 1 aliphatic rings. The van der Waals surface area contributed by atoms with E-state index < -0.39 is 0 Å². The summed E-state index contributed by atoms with van der Waals surface area (Å²) in [4.78, 5) is 15.8. The second-order valence-corrected chi connectivity index (χ2v) is 5.97. The summed E-state index contributed by atoms with van der Waals surface area (Å²) >= 11 is 1.78. The molecule has 1 aliphatic heterocycles. The first-order chi connectivity index (χ1) is 10.3. The van der Waals surface area contributed by atoms with Gasteiger partial charge in [0, 0.05) is 23.5 Å². The zero-order chi connectivity index (χ0) is 14.7. The van der Waals surface area contributed by atoms with Crippen molar-refractivity contribution in [3.63, 3.8) is 0 Å². The molecule has 2 aromatic rings. The Labute approximate surface area is 128 Å². The van der Waals surface area contributed by atoms with Crippen LogP contribution in [0.1, 0.15) is 20.8 Å². The Morgan fingerprint density at radius 2 is 2.14 bits per heavy atom. The summed E-state index contributed by atoms with van der Waals surface area (Å²) in [5.41, 5.74) is 1.99. The van der Waals surface area contributed by atoms with Gasteiger partial charge in [-0.1, -0.05) is 12.7 Å². The third-order valence-corrected chi connectivity index (χ3v) is 4.59. The summed E-state index contributed by atoms with van der Waals surface area (Å²) in [6, 6.07) is 9.42. The molecule has 108 valence electrons. The van der Waals surface area contributed by atoms with Crippen LogP contribution in [-0.4, -0.2) is 24.0 Å². The van der Waals surface area contributed by atoms with Gasteiger partial charge in [0.25, 0.3) is 5.91 Å². The molecule has 0 spiro atoms. The van der Waals surface area contributed by atoms with Crippen LogP contribution in [-0.2, 0) is 13.0 Å². The highest BCUT2D eigenvalue weighted by Gasteiger charge is 2.22. The number of carbonyl (C=O) groups excluding carboxylic acids is 1. The van der Waals surface area contributed by atoms with E-state index in [1.54, 1.807) is 17.4 Å². The molecular formula is C17H17NO2S. The largest absolute Gasteiger partial charge is 0.490 e. The van der Waals surface area contributed by atoms with Crippen LogP contribution in [0.5, 0.6) is 5.75 Å². The van der Waals surface area contributed by atoms with E-state index in [1.807, 2.05) is 29.2 Å². The average molecular weight is 299 g/mol. The summed E-state index contributed by atoms with van der Waals surface area (Å²) < 4.78 is 5.43. The number of benzene rings is 1. The zero-order valence-corrected chi connectivity index (χ0v) is 12.6. The molecular weight excluding hydrogens is 282 g/mol. The smallest absolute Gasteiger partial charge is 0.254 e. The van der Waals surface area contributed by atoms with Crippen LogP contribution in [0.4, 0.5) is 0 Å². The molecule has 3 nitrogen and oxygen atoms in total. The molecule has 0 fully saturated rings. The van der Waals surface area contributed by atoms with Gasteiger partial charge in [-0.05, 0) is 47.7 Å². The molecule has 1 aromatic heterocycles. The predicted octanol–water partition coefficient (Wildman–Crippen LogP) is 3.51. The number of fused-ring (bicyclic) bond motifs is 1. The Morgan fingerprint density at radius 1 is 1.33 bits per heavy atom. The van der Waals surface area contributed by atoms with Crippen LogP contribution in [0.3, 0.4) is 0 Å². The number of nitrogens with zero attached hydrogens (tertiary/aromatic N) is 1. The lowest BCUT2D eigenvalue weighted by Crippen LogP contribution is -2.35. The molecule has 0 bridgehead atoms. The van der Waals surface area contributed by atoms with Crippen LogP contribution in [0.25, 0.3) is 0 Å². The van der Waals surface area contributed by atoms with Crippen molar-refractivity contribution in [1.82, 2.24) is 4.90 Å². The van der Waals surface area contributed by atoms with Crippen molar-refractivity contribution >= 4 is 17.2 Å². The Bertz CT molecular complexity index is 645. The van der Waals surface area contributed by atoms with Crippen molar-refractivity contribution in [1.29, 1.82) is 0 Å². The maximum Gasteiger partial charge on any atom is 0.254 e. The number of hydrogen-bond donors (Lipinski definition) is 0. The van der Waals surface area contributed by atoms with E-state index in [4.69, 9.17) is 4.74 Å². The van der Waals surface area contributed by atoms with E-state index >= 15 is 0 Å². The first kappa shape index (κ1) is 13.9. The van der Waals surface area contributed by atoms with Crippen LogP contribution in [0.15, 0.2) is 48.4 Å². The Hall–Kier alpha value is -2.07. The summed E-state index contributed by atoms with van der Waals surface area (Å²) in [7, 11) is 0. The quantitative estimate of drug-likeness (QED) is 0.809. The number of carbonyl (C=O) groups is 1. The normalized spacial score (nSPS) is 13.6. The van der Waals surface area contributed by atoms with Gasteiger partial charge in [0.1, 0.15) is 12.4 Å². The molecule has 0 aliphatic carbocycles. The Morgan fingerprint density at radius 3 is 2.90 bits per heavy atom. The first-order valence-corrected chi connectivity index (χ1v) is 7.84. The molecule has 0 radical (unpaired) electrons. The van der Waals surface area contributed by atoms with Crippen molar-refractivity contribution in [2.24, 2.45) is 0 Å². The van der Waals surface area contributed by atoms with Crippen molar-refractivity contribution in [3.05, 3.63) is 64.4 Å². The lowest BCUT2D eigenvalue weighted by atomic mass is 10.1. The highest BCUT2D eigenvalue weighted by Crippen LogP contribution is 2.25. The highest BCUT2D eigenvalue weighted by molar-refractivity contribution is 7.10. The Balaban J connectivity index is 1.69. The van der Waals surface area contributed by atoms with Gasteiger partial charge in [0.15, 0.2) is 0 Å². The summed E-state index contributed by atoms with van der Waals surface area (Å²) in [5, 5.41) is 2.10. The van der Waals surface area contributed by atoms with E-state index in [0.717, 1.165) is 18.7 Å². The van der Waals surface area contributed by atoms with Gasteiger partial charge in [-0.25, -0.2) is 0 Å².